The fourth-order valence-corrected chi connectivity index (χ4v) is 4.38. The topological polar surface area (TPSA) is 100 Å². The molecule has 1 atom stereocenters. The number of rotatable bonds is 9. The summed E-state index contributed by atoms with van der Waals surface area (Å²) in [6.07, 6.45) is 1.51. The summed E-state index contributed by atoms with van der Waals surface area (Å²) in [5.74, 6) is 0.950. The van der Waals surface area contributed by atoms with E-state index < -0.39 is 12.0 Å². The number of carbonyl (C=O) groups excluding carboxylic acids is 1. The van der Waals surface area contributed by atoms with Crippen LogP contribution in [0.1, 0.15) is 31.0 Å². The van der Waals surface area contributed by atoms with E-state index in [1.807, 2.05) is 43.3 Å². The number of aromatic nitrogens is 4. The average molecular weight is 561 g/mol. The number of allylic oxidation sites excluding steroid dienone is 1. The number of anilines is 1. The number of halogens is 2. The lowest BCUT2D eigenvalue weighted by atomic mass is 9.95. The Kier molecular flexibility index (Phi) is 7.72. The lowest BCUT2D eigenvalue weighted by Crippen LogP contribution is -2.29. The van der Waals surface area contributed by atoms with Gasteiger partial charge in [0.1, 0.15) is 19.3 Å². The van der Waals surface area contributed by atoms with Crippen LogP contribution in [0.5, 0.6) is 11.5 Å². The number of nitrogens with one attached hydrogen (secondary N) is 1. The molecule has 0 radical (unpaired) electrons. The number of hydrogen-bond donors (Lipinski definition) is 1. The molecule has 0 fully saturated rings. The average Bonchev–Trinajstić information content (AvgIpc) is 3.30. The van der Waals surface area contributed by atoms with Gasteiger partial charge in [-0.2, -0.15) is 4.68 Å². The normalized spacial score (nSPS) is 14.7. The van der Waals surface area contributed by atoms with E-state index in [1.165, 1.54) is 10.8 Å². The zero-order valence-corrected chi connectivity index (χ0v) is 21.5. The highest BCUT2D eigenvalue weighted by Crippen LogP contribution is 2.43. The molecule has 9 nitrogen and oxygen atoms in total. The highest BCUT2D eigenvalue weighted by atomic mass is 79.9. The van der Waals surface area contributed by atoms with Crippen molar-refractivity contribution in [2.75, 3.05) is 18.5 Å². The summed E-state index contributed by atoms with van der Waals surface area (Å²) in [5, 5.41) is 15.6. The first-order valence-corrected chi connectivity index (χ1v) is 12.0. The first-order chi connectivity index (χ1) is 16.9. The molecule has 4 rings (SSSR count). The third-order valence-electron chi connectivity index (χ3n) is 5.21. The first-order valence-electron chi connectivity index (χ1n) is 10.8. The molecule has 1 unspecified atom stereocenters. The molecule has 2 aromatic carbocycles. The molecule has 11 heteroatoms. The van der Waals surface area contributed by atoms with E-state index in [1.54, 1.807) is 6.92 Å². The number of hydrogen-bond acceptors (Lipinski definition) is 8. The molecule has 1 aliphatic rings. The fourth-order valence-electron chi connectivity index (χ4n) is 3.68. The van der Waals surface area contributed by atoms with Gasteiger partial charge < -0.3 is 19.5 Å². The molecule has 0 spiro atoms. The van der Waals surface area contributed by atoms with Gasteiger partial charge in [-0.15, -0.1) is 0 Å². The van der Waals surface area contributed by atoms with E-state index in [-0.39, 0.29) is 6.61 Å². The van der Waals surface area contributed by atoms with Crippen LogP contribution in [-0.2, 0) is 16.1 Å². The number of esters is 1. The molecule has 1 aromatic heterocycles. The number of ether oxygens (including phenoxy) is 3. The van der Waals surface area contributed by atoms with E-state index in [2.05, 4.69) is 43.4 Å². The minimum atomic E-state index is -0.653. The van der Waals surface area contributed by atoms with Crippen LogP contribution in [0.2, 0.25) is 5.02 Å². The van der Waals surface area contributed by atoms with Gasteiger partial charge in [0, 0.05) is 10.7 Å². The van der Waals surface area contributed by atoms with Gasteiger partial charge in [-0.3, -0.25) is 0 Å². The van der Waals surface area contributed by atoms with Crippen LogP contribution < -0.4 is 14.8 Å². The van der Waals surface area contributed by atoms with Crippen LogP contribution in [0.25, 0.3) is 0 Å². The minimum Gasteiger partial charge on any atom is -0.490 e. The number of tetrazole rings is 1. The molecule has 2 heterocycles. The van der Waals surface area contributed by atoms with Crippen LogP contribution in [0.3, 0.4) is 0 Å². The van der Waals surface area contributed by atoms with E-state index in [4.69, 9.17) is 25.8 Å². The Bertz CT molecular complexity index is 1280. The van der Waals surface area contributed by atoms with Gasteiger partial charge in [-0.05, 0) is 75.6 Å². The quantitative estimate of drug-likeness (QED) is 0.286. The fraction of sp³-hybridized carbons (Fsp3) is 0.250. The van der Waals surface area contributed by atoms with E-state index >= 15 is 0 Å². The summed E-state index contributed by atoms with van der Waals surface area (Å²) >= 11 is 9.60. The van der Waals surface area contributed by atoms with Crippen LogP contribution in [0.15, 0.2) is 64.8 Å². The smallest absolute Gasteiger partial charge is 0.338 e. The molecule has 0 aliphatic carbocycles. The van der Waals surface area contributed by atoms with Crippen molar-refractivity contribution >= 4 is 39.4 Å². The van der Waals surface area contributed by atoms with Crippen LogP contribution in [-0.4, -0.2) is 39.4 Å². The molecule has 182 valence electrons. The van der Waals surface area contributed by atoms with Gasteiger partial charge in [0.05, 0.1) is 16.7 Å². The maximum atomic E-state index is 13.0. The SMILES string of the molecule is C=CCOC(=O)C1=C(C)Nc2nnnn2C1c1cc(Br)c(OCc2ccc(Cl)cc2)c(OCC)c1. The van der Waals surface area contributed by atoms with E-state index in [9.17, 15) is 4.79 Å². The Morgan fingerprint density at radius 3 is 2.77 bits per heavy atom. The maximum Gasteiger partial charge on any atom is 0.338 e. The van der Waals surface area contributed by atoms with Crippen molar-refractivity contribution in [1.29, 1.82) is 0 Å². The lowest BCUT2D eigenvalue weighted by Gasteiger charge is -2.28. The lowest BCUT2D eigenvalue weighted by molar-refractivity contribution is -0.138. The second-order valence-corrected chi connectivity index (χ2v) is 8.87. The predicted molar refractivity (Wildman–Crippen MR) is 135 cm³/mol. The van der Waals surface area contributed by atoms with Gasteiger partial charge in [0.25, 0.3) is 0 Å². The summed E-state index contributed by atoms with van der Waals surface area (Å²) in [7, 11) is 0. The van der Waals surface area contributed by atoms with Crippen molar-refractivity contribution in [3.05, 3.63) is 80.9 Å². The summed E-state index contributed by atoms with van der Waals surface area (Å²) < 4.78 is 19.6. The highest BCUT2D eigenvalue weighted by Gasteiger charge is 2.36. The van der Waals surface area contributed by atoms with Crippen molar-refractivity contribution < 1.29 is 19.0 Å². The summed E-state index contributed by atoms with van der Waals surface area (Å²) in [6, 6.07) is 10.4. The molecule has 0 saturated carbocycles. The number of carbonyl (C=O) groups is 1. The van der Waals surface area contributed by atoms with Crippen molar-refractivity contribution in [3.63, 3.8) is 0 Å². The van der Waals surface area contributed by atoms with Gasteiger partial charge in [-0.1, -0.05) is 41.5 Å². The van der Waals surface area contributed by atoms with Crippen LogP contribution in [0.4, 0.5) is 5.95 Å². The number of fused-ring (bicyclic) bond motifs is 1. The van der Waals surface area contributed by atoms with Gasteiger partial charge in [-0.25, -0.2) is 4.79 Å². The number of nitrogens with zero attached hydrogens (tertiary/aromatic N) is 4. The Labute approximate surface area is 215 Å². The third kappa shape index (κ3) is 5.33. The van der Waals surface area contributed by atoms with Gasteiger partial charge in [0.2, 0.25) is 5.95 Å². The predicted octanol–water partition coefficient (Wildman–Crippen LogP) is 5.08. The molecular formula is C24H23BrClN5O4. The van der Waals surface area contributed by atoms with Crippen LogP contribution >= 0.6 is 27.5 Å². The Balaban J connectivity index is 1.74. The van der Waals surface area contributed by atoms with Crippen molar-refractivity contribution in [2.24, 2.45) is 0 Å². The molecular weight excluding hydrogens is 538 g/mol. The van der Waals surface area contributed by atoms with Crippen molar-refractivity contribution in [2.45, 2.75) is 26.5 Å². The zero-order valence-electron chi connectivity index (χ0n) is 19.1. The summed E-state index contributed by atoms with van der Waals surface area (Å²) in [4.78, 5) is 13.0. The Morgan fingerprint density at radius 1 is 1.29 bits per heavy atom. The van der Waals surface area contributed by atoms with E-state index in [0.717, 1.165) is 5.56 Å². The number of benzene rings is 2. The van der Waals surface area contributed by atoms with Crippen molar-refractivity contribution in [1.82, 2.24) is 20.2 Å². The molecule has 0 amide bonds. The maximum absolute atomic E-state index is 13.0. The van der Waals surface area contributed by atoms with Gasteiger partial charge in [0.15, 0.2) is 11.5 Å². The molecule has 0 bridgehead atoms. The summed E-state index contributed by atoms with van der Waals surface area (Å²) in [5.41, 5.74) is 2.62. The third-order valence-corrected chi connectivity index (χ3v) is 6.05. The molecule has 1 N–H and O–H groups in total. The second-order valence-electron chi connectivity index (χ2n) is 7.58. The molecule has 0 saturated heterocycles. The Hall–Kier alpha value is -3.37. The molecule has 35 heavy (non-hydrogen) atoms. The summed E-state index contributed by atoms with van der Waals surface area (Å²) in [6.45, 7) is 8.08. The highest BCUT2D eigenvalue weighted by molar-refractivity contribution is 9.10. The van der Waals surface area contributed by atoms with Crippen LogP contribution in [0, 0.1) is 0 Å². The largest absolute Gasteiger partial charge is 0.490 e. The van der Waals surface area contributed by atoms with Crippen molar-refractivity contribution in [3.8, 4) is 11.5 Å². The minimum absolute atomic E-state index is 0.0795. The monoisotopic (exact) mass is 559 g/mol. The molecule has 3 aromatic rings. The van der Waals surface area contributed by atoms with E-state index in [0.29, 0.717) is 57.0 Å². The Morgan fingerprint density at radius 2 is 2.06 bits per heavy atom. The molecule has 1 aliphatic heterocycles. The standard InChI is InChI=1S/C24H23BrClN5O4/c1-4-10-34-23(32)20-14(3)27-24-28-29-30-31(24)21(20)16-11-18(25)22(19(12-16)33-5-2)35-13-15-6-8-17(26)9-7-15/h4,6-9,11-12,21H,1,5,10,13H2,2-3H3,(H,27,28,30). The second kappa shape index (κ2) is 10.9. The van der Waals surface area contributed by atoms with Gasteiger partial charge >= 0.3 is 5.97 Å². The zero-order chi connectivity index (χ0) is 24.9. The first kappa shape index (κ1) is 24.7.